The van der Waals surface area contributed by atoms with Gasteiger partial charge >= 0.3 is 5.97 Å². The Morgan fingerprint density at radius 3 is 2.62 bits per heavy atom. The van der Waals surface area contributed by atoms with E-state index in [2.05, 4.69) is 5.48 Å². The lowest BCUT2D eigenvalue weighted by atomic mass is 10.0. The summed E-state index contributed by atoms with van der Waals surface area (Å²) >= 11 is 0. The molecule has 1 aliphatic heterocycles. The van der Waals surface area contributed by atoms with Crippen LogP contribution in [0.4, 0.5) is 0 Å². The molecule has 5 nitrogen and oxygen atoms in total. The van der Waals surface area contributed by atoms with E-state index in [0.717, 1.165) is 5.56 Å². The average Bonchev–Trinajstić information content (AvgIpc) is 2.46. The molecule has 0 saturated heterocycles. The number of rotatable bonds is 5. The van der Waals surface area contributed by atoms with Crippen LogP contribution in [0.5, 0.6) is 0 Å². The fourth-order valence-corrected chi connectivity index (χ4v) is 1.94. The zero-order chi connectivity index (χ0) is 15.2. The van der Waals surface area contributed by atoms with Gasteiger partial charge in [-0.25, -0.2) is 4.79 Å². The molecule has 2 rings (SSSR count). The van der Waals surface area contributed by atoms with E-state index in [1.54, 1.807) is 6.92 Å². The van der Waals surface area contributed by atoms with E-state index in [4.69, 9.17) is 9.57 Å². The van der Waals surface area contributed by atoms with Crippen molar-refractivity contribution in [2.24, 2.45) is 0 Å². The predicted octanol–water partition coefficient (Wildman–Crippen LogP) is 2.22. The topological polar surface area (TPSA) is 64.6 Å². The molecule has 0 bridgehead atoms. The Balaban J connectivity index is 2.31. The Hall–Kier alpha value is -2.24. The van der Waals surface area contributed by atoms with E-state index < -0.39 is 12.0 Å². The molecule has 1 atom stereocenters. The van der Waals surface area contributed by atoms with Crippen molar-refractivity contribution < 1.29 is 19.2 Å². The van der Waals surface area contributed by atoms with Crippen LogP contribution < -0.4 is 5.48 Å². The highest BCUT2D eigenvalue weighted by Crippen LogP contribution is 2.20. The third-order valence-corrected chi connectivity index (χ3v) is 2.92. The molecule has 0 aliphatic carbocycles. The lowest BCUT2D eigenvalue weighted by Gasteiger charge is -2.18. The Kier molecular flexibility index (Phi) is 5.03. The van der Waals surface area contributed by atoms with Crippen molar-refractivity contribution in [1.82, 2.24) is 5.48 Å². The van der Waals surface area contributed by atoms with Gasteiger partial charge < -0.3 is 9.57 Å². The first-order valence-corrected chi connectivity index (χ1v) is 6.70. The molecular formula is C16H17NO4. The van der Waals surface area contributed by atoms with E-state index in [0.29, 0.717) is 12.4 Å². The summed E-state index contributed by atoms with van der Waals surface area (Å²) in [5.41, 5.74) is 3.71. The maximum atomic E-state index is 11.9. The van der Waals surface area contributed by atoms with Gasteiger partial charge in [-0.1, -0.05) is 30.3 Å². The number of esters is 1. The Labute approximate surface area is 123 Å². The van der Waals surface area contributed by atoms with Gasteiger partial charge in [-0.05, 0) is 25.5 Å². The molecule has 1 aromatic rings. The van der Waals surface area contributed by atoms with Crippen LogP contribution in [0.1, 0.15) is 25.5 Å². The molecular weight excluding hydrogens is 270 g/mol. The molecule has 0 saturated carbocycles. The lowest BCUT2D eigenvalue weighted by Crippen LogP contribution is -2.25. The Bertz CT molecular complexity index is 590. The summed E-state index contributed by atoms with van der Waals surface area (Å²) in [5.74, 6) is -0.696. The van der Waals surface area contributed by atoms with Crippen LogP contribution in [-0.4, -0.2) is 18.4 Å². The third-order valence-electron chi connectivity index (χ3n) is 2.92. The third kappa shape index (κ3) is 3.87. The molecule has 0 amide bonds. The fraction of sp³-hybridized carbons (Fsp3) is 0.250. The number of ketones is 1. The number of carbonyl (C=O) groups is 2. The molecule has 21 heavy (non-hydrogen) atoms. The van der Waals surface area contributed by atoms with Gasteiger partial charge in [0, 0.05) is 6.08 Å². The number of benzene rings is 1. The van der Waals surface area contributed by atoms with Crippen molar-refractivity contribution >= 4 is 11.8 Å². The molecule has 110 valence electrons. The molecule has 5 heteroatoms. The molecule has 1 aromatic carbocycles. The largest absolute Gasteiger partial charge is 0.428 e. The summed E-state index contributed by atoms with van der Waals surface area (Å²) in [6.45, 7) is 3.87. The number of carbonyl (C=O) groups excluding carboxylic acids is 2. The summed E-state index contributed by atoms with van der Waals surface area (Å²) in [5, 5.41) is 0. The first-order valence-electron chi connectivity index (χ1n) is 6.70. The lowest BCUT2D eigenvalue weighted by molar-refractivity contribution is -0.137. The van der Waals surface area contributed by atoms with Crippen molar-refractivity contribution in [1.29, 1.82) is 0 Å². The van der Waals surface area contributed by atoms with Crippen molar-refractivity contribution in [3.05, 3.63) is 59.4 Å². The van der Waals surface area contributed by atoms with E-state index in [1.165, 1.54) is 12.2 Å². The van der Waals surface area contributed by atoms with Crippen LogP contribution in [0.3, 0.4) is 0 Å². The van der Waals surface area contributed by atoms with Crippen molar-refractivity contribution in [2.45, 2.75) is 19.9 Å². The molecule has 1 heterocycles. The fourth-order valence-electron chi connectivity index (χ4n) is 1.94. The van der Waals surface area contributed by atoms with Crippen LogP contribution in [0.25, 0.3) is 0 Å². The quantitative estimate of drug-likeness (QED) is 0.389. The molecule has 0 spiro atoms. The first-order chi connectivity index (χ1) is 10.1. The monoisotopic (exact) mass is 287 g/mol. The number of cyclic esters (lactones) is 1. The molecule has 1 aliphatic rings. The van der Waals surface area contributed by atoms with Crippen LogP contribution in [0, 0.1) is 0 Å². The smallest absolute Gasteiger partial charge is 0.346 e. The SMILES string of the molecule is CCONC(C=C1C(=O)C=C(C)OC1=O)c1ccccc1. The van der Waals surface area contributed by atoms with Gasteiger partial charge in [0.2, 0.25) is 0 Å². The van der Waals surface area contributed by atoms with Gasteiger partial charge in [0.05, 0.1) is 12.6 Å². The summed E-state index contributed by atoms with van der Waals surface area (Å²) in [6.07, 6.45) is 2.83. The molecule has 0 fully saturated rings. The van der Waals surface area contributed by atoms with E-state index in [1.807, 2.05) is 37.3 Å². The molecule has 0 radical (unpaired) electrons. The van der Waals surface area contributed by atoms with Crippen LogP contribution in [0.15, 0.2) is 53.8 Å². The zero-order valence-electron chi connectivity index (χ0n) is 12.0. The molecule has 0 aromatic heterocycles. The number of hydrogen-bond donors (Lipinski definition) is 1. The second-order valence-electron chi connectivity index (χ2n) is 4.53. The van der Waals surface area contributed by atoms with Gasteiger partial charge in [-0.15, -0.1) is 0 Å². The second-order valence-corrected chi connectivity index (χ2v) is 4.53. The molecule has 1 unspecified atom stereocenters. The van der Waals surface area contributed by atoms with Crippen LogP contribution >= 0.6 is 0 Å². The first kappa shape index (κ1) is 15.2. The molecule has 1 N–H and O–H groups in total. The van der Waals surface area contributed by atoms with Gasteiger partial charge in [0.15, 0.2) is 5.78 Å². The zero-order valence-corrected chi connectivity index (χ0v) is 12.0. The number of nitrogens with one attached hydrogen (secondary N) is 1. The van der Waals surface area contributed by atoms with Crippen molar-refractivity contribution in [2.75, 3.05) is 6.61 Å². The highest BCUT2D eigenvalue weighted by atomic mass is 16.6. The summed E-state index contributed by atoms with van der Waals surface area (Å²) < 4.78 is 4.97. The van der Waals surface area contributed by atoms with E-state index >= 15 is 0 Å². The van der Waals surface area contributed by atoms with Crippen LogP contribution in [-0.2, 0) is 19.2 Å². The van der Waals surface area contributed by atoms with E-state index in [9.17, 15) is 9.59 Å². The summed E-state index contributed by atoms with van der Waals surface area (Å²) in [4.78, 5) is 29.0. The Morgan fingerprint density at radius 2 is 2.00 bits per heavy atom. The number of hydroxylamine groups is 1. The number of ether oxygens (including phenoxy) is 1. The maximum Gasteiger partial charge on any atom is 0.346 e. The Morgan fingerprint density at radius 1 is 1.29 bits per heavy atom. The summed E-state index contributed by atoms with van der Waals surface area (Å²) in [7, 11) is 0. The number of allylic oxidation sites excluding steroid dienone is 2. The maximum absolute atomic E-state index is 11.9. The van der Waals surface area contributed by atoms with Crippen molar-refractivity contribution in [3.8, 4) is 0 Å². The highest BCUT2D eigenvalue weighted by Gasteiger charge is 2.25. The van der Waals surface area contributed by atoms with Gasteiger partial charge in [-0.3, -0.25) is 4.79 Å². The van der Waals surface area contributed by atoms with Crippen LogP contribution in [0.2, 0.25) is 0 Å². The normalized spacial score (nSPS) is 18.4. The van der Waals surface area contributed by atoms with Crippen molar-refractivity contribution in [3.63, 3.8) is 0 Å². The predicted molar refractivity (Wildman–Crippen MR) is 76.9 cm³/mol. The van der Waals surface area contributed by atoms with Gasteiger partial charge in [-0.2, -0.15) is 5.48 Å². The minimum Gasteiger partial charge on any atom is -0.428 e. The van der Waals surface area contributed by atoms with E-state index in [-0.39, 0.29) is 11.4 Å². The average molecular weight is 287 g/mol. The summed E-state index contributed by atoms with van der Waals surface area (Å²) in [6, 6.07) is 8.99. The minimum atomic E-state index is -0.640. The number of hydrogen-bond acceptors (Lipinski definition) is 5. The second kappa shape index (κ2) is 6.97. The highest BCUT2D eigenvalue weighted by molar-refractivity contribution is 6.23. The standard InChI is InChI=1S/C16H17NO4/c1-3-20-17-14(12-7-5-4-6-8-12)10-13-15(18)9-11(2)21-16(13)19/h4-10,14,17H,3H2,1-2H3. The minimum absolute atomic E-state index is 0.00153. The van der Waals surface area contributed by atoms with Gasteiger partial charge in [0.25, 0.3) is 0 Å². The van der Waals surface area contributed by atoms with Gasteiger partial charge in [0.1, 0.15) is 11.3 Å².